The number of aliphatic hydroxyl groups excluding tert-OH is 1. The van der Waals surface area contributed by atoms with Gasteiger partial charge in [-0.3, -0.25) is 0 Å². The number of rotatable bonds is 4. The van der Waals surface area contributed by atoms with Crippen molar-refractivity contribution in [2.24, 2.45) is 5.92 Å². The van der Waals surface area contributed by atoms with Crippen LogP contribution in [0.15, 0.2) is 14.7 Å². The number of halogens is 1. The first-order valence-corrected chi connectivity index (χ1v) is 9.42. The largest absolute Gasteiger partial charge is 0.396 e. The molecular weight excluding hydrogens is 350 g/mol. The second-order valence-electron chi connectivity index (χ2n) is 4.93. The molecule has 1 aliphatic carbocycles. The average molecular weight is 368 g/mol. The first-order chi connectivity index (χ1) is 8.94. The minimum atomic E-state index is -3.49. The molecule has 2 rings (SSSR count). The van der Waals surface area contributed by atoms with Gasteiger partial charge in [0.05, 0.1) is 8.68 Å². The van der Waals surface area contributed by atoms with Gasteiger partial charge in [-0.15, -0.1) is 11.3 Å². The zero-order valence-electron chi connectivity index (χ0n) is 10.7. The van der Waals surface area contributed by atoms with Crippen molar-refractivity contribution >= 4 is 37.3 Å². The van der Waals surface area contributed by atoms with E-state index >= 15 is 0 Å². The molecule has 0 aromatic carbocycles. The van der Waals surface area contributed by atoms with Crippen LogP contribution in [0.25, 0.3) is 0 Å². The van der Waals surface area contributed by atoms with Crippen LogP contribution in [-0.2, 0) is 10.0 Å². The number of aryl methyl sites for hydroxylation is 1. The summed E-state index contributed by atoms with van der Waals surface area (Å²) in [5.41, 5.74) is 0. The maximum atomic E-state index is 12.4. The predicted octanol–water partition coefficient (Wildman–Crippen LogP) is 2.65. The first-order valence-electron chi connectivity index (χ1n) is 6.33. The standard InChI is InChI=1S/C12H18BrNO3S2/c1-8-11(6-12(13)18-8)19(16,17)14-10-5-3-2-4-9(10)7-15/h6,9-10,14-15H,2-5,7H2,1H3. The van der Waals surface area contributed by atoms with E-state index in [0.717, 1.165) is 34.3 Å². The van der Waals surface area contributed by atoms with Crippen molar-refractivity contribution in [3.63, 3.8) is 0 Å². The summed E-state index contributed by atoms with van der Waals surface area (Å²) in [4.78, 5) is 1.11. The lowest BCUT2D eigenvalue weighted by Crippen LogP contribution is -2.43. The maximum Gasteiger partial charge on any atom is 0.241 e. The summed E-state index contributed by atoms with van der Waals surface area (Å²) in [7, 11) is -3.49. The Morgan fingerprint density at radius 3 is 2.74 bits per heavy atom. The number of nitrogens with one attached hydrogen (secondary N) is 1. The third kappa shape index (κ3) is 3.58. The number of hydrogen-bond acceptors (Lipinski definition) is 4. The van der Waals surface area contributed by atoms with E-state index in [1.165, 1.54) is 11.3 Å². The zero-order chi connectivity index (χ0) is 14.0. The van der Waals surface area contributed by atoms with Crippen LogP contribution in [0.5, 0.6) is 0 Å². The fraction of sp³-hybridized carbons (Fsp3) is 0.667. The topological polar surface area (TPSA) is 66.4 Å². The summed E-state index contributed by atoms with van der Waals surface area (Å²) in [6.07, 6.45) is 3.76. The van der Waals surface area contributed by atoms with Crippen LogP contribution < -0.4 is 4.72 Å². The highest BCUT2D eigenvalue weighted by atomic mass is 79.9. The minimum Gasteiger partial charge on any atom is -0.396 e. The van der Waals surface area contributed by atoms with Crippen LogP contribution in [0.3, 0.4) is 0 Å². The van der Waals surface area contributed by atoms with Crippen molar-refractivity contribution in [3.05, 3.63) is 14.7 Å². The summed E-state index contributed by atoms with van der Waals surface area (Å²) >= 11 is 4.73. The third-order valence-corrected chi connectivity index (χ3v) is 6.88. The van der Waals surface area contributed by atoms with E-state index in [1.54, 1.807) is 13.0 Å². The van der Waals surface area contributed by atoms with Crippen LogP contribution in [0.2, 0.25) is 0 Å². The van der Waals surface area contributed by atoms with E-state index in [4.69, 9.17) is 0 Å². The quantitative estimate of drug-likeness (QED) is 0.859. The fourth-order valence-corrected chi connectivity index (χ4v) is 6.30. The highest BCUT2D eigenvalue weighted by Crippen LogP contribution is 2.31. The van der Waals surface area contributed by atoms with Gasteiger partial charge < -0.3 is 5.11 Å². The predicted molar refractivity (Wildman–Crippen MR) is 79.9 cm³/mol. The summed E-state index contributed by atoms with van der Waals surface area (Å²) in [5, 5.41) is 9.35. The summed E-state index contributed by atoms with van der Waals surface area (Å²) in [6, 6.07) is 1.49. The molecule has 4 nitrogen and oxygen atoms in total. The summed E-state index contributed by atoms with van der Waals surface area (Å²) in [5.74, 6) is 0.0332. The van der Waals surface area contributed by atoms with Gasteiger partial charge in [-0.25, -0.2) is 13.1 Å². The zero-order valence-corrected chi connectivity index (χ0v) is 13.9. The highest BCUT2D eigenvalue weighted by Gasteiger charge is 2.30. The molecule has 1 aliphatic rings. The molecule has 1 fully saturated rings. The molecule has 0 amide bonds. The molecule has 1 aromatic rings. The number of sulfonamides is 1. The Morgan fingerprint density at radius 1 is 1.47 bits per heavy atom. The van der Waals surface area contributed by atoms with Crippen molar-refractivity contribution in [2.45, 2.75) is 43.5 Å². The fourth-order valence-electron chi connectivity index (χ4n) is 2.54. The molecule has 7 heteroatoms. The molecule has 0 bridgehead atoms. The second kappa shape index (κ2) is 6.22. The smallest absolute Gasteiger partial charge is 0.241 e. The number of hydrogen-bond donors (Lipinski definition) is 2. The van der Waals surface area contributed by atoms with Gasteiger partial charge in [-0.1, -0.05) is 12.8 Å². The van der Waals surface area contributed by atoms with Crippen LogP contribution in [0.1, 0.15) is 30.6 Å². The van der Waals surface area contributed by atoms with Gasteiger partial charge >= 0.3 is 0 Å². The van der Waals surface area contributed by atoms with E-state index in [-0.39, 0.29) is 18.6 Å². The molecule has 19 heavy (non-hydrogen) atoms. The Kier molecular flexibility index (Phi) is 5.05. The Bertz CT molecular complexity index is 541. The van der Waals surface area contributed by atoms with Crippen molar-refractivity contribution in [1.82, 2.24) is 4.72 Å². The van der Waals surface area contributed by atoms with Crippen LogP contribution in [0, 0.1) is 12.8 Å². The van der Waals surface area contributed by atoms with Gasteiger partial charge in [0.25, 0.3) is 0 Å². The number of aliphatic hydroxyl groups is 1. The van der Waals surface area contributed by atoms with Gasteiger partial charge in [-0.05, 0) is 47.7 Å². The molecule has 0 spiro atoms. The second-order valence-corrected chi connectivity index (χ2v) is 9.24. The summed E-state index contributed by atoms with van der Waals surface area (Å²) in [6.45, 7) is 1.84. The van der Waals surface area contributed by atoms with Crippen molar-refractivity contribution in [2.75, 3.05) is 6.61 Å². The van der Waals surface area contributed by atoms with E-state index < -0.39 is 10.0 Å². The van der Waals surface area contributed by atoms with Crippen molar-refractivity contribution in [1.29, 1.82) is 0 Å². The van der Waals surface area contributed by atoms with Gasteiger partial charge in [0.1, 0.15) is 0 Å². The number of thiophene rings is 1. The van der Waals surface area contributed by atoms with Crippen molar-refractivity contribution in [3.8, 4) is 0 Å². The normalized spacial score (nSPS) is 24.6. The molecule has 1 heterocycles. The van der Waals surface area contributed by atoms with Gasteiger partial charge in [0.2, 0.25) is 10.0 Å². The monoisotopic (exact) mass is 367 g/mol. The lowest BCUT2D eigenvalue weighted by atomic mass is 9.86. The molecule has 108 valence electrons. The molecule has 1 aromatic heterocycles. The molecule has 2 unspecified atom stereocenters. The van der Waals surface area contributed by atoms with Crippen LogP contribution in [-0.4, -0.2) is 26.2 Å². The SMILES string of the molecule is Cc1sc(Br)cc1S(=O)(=O)NC1CCCCC1CO. The Labute approximate surface area is 126 Å². The summed E-state index contributed by atoms with van der Waals surface area (Å²) < 4.78 is 28.4. The molecule has 2 N–H and O–H groups in total. The van der Waals surface area contributed by atoms with E-state index in [9.17, 15) is 13.5 Å². The Hall–Kier alpha value is 0.0500. The van der Waals surface area contributed by atoms with Gasteiger partial charge in [0, 0.05) is 17.5 Å². The Morgan fingerprint density at radius 2 is 2.16 bits per heavy atom. The average Bonchev–Trinajstić information content (AvgIpc) is 2.69. The lowest BCUT2D eigenvalue weighted by molar-refractivity contribution is 0.164. The van der Waals surface area contributed by atoms with E-state index in [0.29, 0.717) is 4.90 Å². The highest BCUT2D eigenvalue weighted by molar-refractivity contribution is 9.11. The molecule has 2 atom stereocenters. The molecule has 0 aliphatic heterocycles. The van der Waals surface area contributed by atoms with E-state index in [2.05, 4.69) is 20.7 Å². The van der Waals surface area contributed by atoms with Crippen LogP contribution in [0.4, 0.5) is 0 Å². The van der Waals surface area contributed by atoms with Crippen molar-refractivity contribution < 1.29 is 13.5 Å². The minimum absolute atomic E-state index is 0.0332. The van der Waals surface area contributed by atoms with Gasteiger partial charge in [-0.2, -0.15) is 0 Å². The van der Waals surface area contributed by atoms with Gasteiger partial charge in [0.15, 0.2) is 0 Å². The molecule has 1 saturated carbocycles. The third-order valence-electron chi connectivity index (χ3n) is 3.58. The van der Waals surface area contributed by atoms with Crippen LogP contribution >= 0.6 is 27.3 Å². The molecule has 0 radical (unpaired) electrons. The first kappa shape index (κ1) is 15.4. The van der Waals surface area contributed by atoms with E-state index in [1.807, 2.05) is 0 Å². The Balaban J connectivity index is 2.19. The molecule has 0 saturated heterocycles. The lowest BCUT2D eigenvalue weighted by Gasteiger charge is -2.30. The maximum absolute atomic E-state index is 12.4. The molecular formula is C12H18BrNO3S2.